The lowest BCUT2D eigenvalue weighted by molar-refractivity contribution is -0.177. The normalized spacial score (nSPS) is 13.2. The SMILES string of the molecule is CC(C(=O)ON)(C(=O)OCc1ccccc1)C(N)(c1ccccc1)c1ccccc1. The summed E-state index contributed by atoms with van der Waals surface area (Å²) in [7, 11) is 0. The van der Waals surface area contributed by atoms with Crippen LogP contribution >= 0.6 is 0 Å². The number of benzene rings is 3. The Balaban J connectivity index is 2.12. The smallest absolute Gasteiger partial charge is 0.344 e. The number of carbonyl (C=O) groups is 2. The van der Waals surface area contributed by atoms with E-state index in [0.29, 0.717) is 11.1 Å². The van der Waals surface area contributed by atoms with Gasteiger partial charge >= 0.3 is 11.9 Å². The molecule has 0 radical (unpaired) electrons. The summed E-state index contributed by atoms with van der Waals surface area (Å²) < 4.78 is 5.53. The maximum absolute atomic E-state index is 13.4. The molecule has 1 unspecified atom stereocenters. The highest BCUT2D eigenvalue weighted by atomic mass is 16.7. The second-order valence-electron chi connectivity index (χ2n) is 7.13. The Kier molecular flexibility index (Phi) is 6.30. The molecule has 0 saturated carbocycles. The van der Waals surface area contributed by atoms with E-state index in [1.54, 1.807) is 48.5 Å². The van der Waals surface area contributed by atoms with Crippen LogP contribution in [0.4, 0.5) is 0 Å². The summed E-state index contributed by atoms with van der Waals surface area (Å²) in [5.41, 5.74) is 5.21. The zero-order valence-electron chi connectivity index (χ0n) is 16.7. The van der Waals surface area contributed by atoms with Crippen LogP contribution in [0.3, 0.4) is 0 Å². The van der Waals surface area contributed by atoms with Crippen molar-refractivity contribution in [1.82, 2.24) is 0 Å². The third-order valence-corrected chi connectivity index (χ3v) is 5.38. The number of hydrogen-bond acceptors (Lipinski definition) is 6. The molecule has 0 aliphatic heterocycles. The van der Waals surface area contributed by atoms with E-state index in [9.17, 15) is 9.59 Å². The van der Waals surface area contributed by atoms with E-state index in [1.807, 2.05) is 42.5 Å². The molecule has 0 spiro atoms. The van der Waals surface area contributed by atoms with Crippen LogP contribution in [-0.2, 0) is 31.3 Å². The first-order chi connectivity index (χ1) is 14.4. The molecule has 1 atom stereocenters. The van der Waals surface area contributed by atoms with Gasteiger partial charge in [0.25, 0.3) is 0 Å². The number of carbonyl (C=O) groups excluding carboxylic acids is 2. The van der Waals surface area contributed by atoms with Crippen molar-refractivity contribution in [2.24, 2.45) is 17.0 Å². The molecule has 3 aromatic carbocycles. The third-order valence-electron chi connectivity index (χ3n) is 5.38. The molecule has 0 aliphatic carbocycles. The molecule has 0 aromatic heterocycles. The third kappa shape index (κ3) is 3.70. The predicted octanol–water partition coefficient (Wildman–Crippen LogP) is 3.06. The highest BCUT2D eigenvalue weighted by Gasteiger charge is 2.60. The van der Waals surface area contributed by atoms with Crippen LogP contribution in [0.2, 0.25) is 0 Å². The van der Waals surface area contributed by atoms with Crippen LogP contribution in [0, 0.1) is 5.41 Å². The van der Waals surface area contributed by atoms with Gasteiger partial charge in [0.05, 0.1) is 5.54 Å². The van der Waals surface area contributed by atoms with E-state index in [0.717, 1.165) is 5.56 Å². The lowest BCUT2D eigenvalue weighted by Crippen LogP contribution is -2.61. The zero-order valence-corrected chi connectivity index (χ0v) is 16.7. The van der Waals surface area contributed by atoms with Crippen LogP contribution in [0.25, 0.3) is 0 Å². The largest absolute Gasteiger partial charge is 0.460 e. The standard InChI is InChI=1S/C24H24N2O4/c1-23(22(28)30-26,21(27)29-17-18-11-5-2-6-12-18)24(25,19-13-7-3-8-14-19)20-15-9-4-10-16-20/h2-16H,17,25-26H2,1H3. The number of ether oxygens (including phenoxy) is 1. The molecule has 0 bridgehead atoms. The number of esters is 1. The highest BCUT2D eigenvalue weighted by Crippen LogP contribution is 2.45. The summed E-state index contributed by atoms with van der Waals surface area (Å²) >= 11 is 0. The van der Waals surface area contributed by atoms with Gasteiger partial charge in [-0.1, -0.05) is 91.0 Å². The molecule has 154 valence electrons. The molecule has 0 aliphatic rings. The molecule has 3 rings (SSSR count). The van der Waals surface area contributed by atoms with Gasteiger partial charge < -0.3 is 15.3 Å². The first-order valence-corrected chi connectivity index (χ1v) is 9.47. The molecule has 0 saturated heterocycles. The Bertz CT molecular complexity index is 954. The lowest BCUT2D eigenvalue weighted by Gasteiger charge is -2.42. The Labute approximate surface area is 175 Å². The van der Waals surface area contributed by atoms with E-state index < -0.39 is 22.9 Å². The molecule has 0 fully saturated rings. The Morgan fingerprint density at radius 3 is 1.63 bits per heavy atom. The maximum Gasteiger partial charge on any atom is 0.344 e. The fourth-order valence-corrected chi connectivity index (χ4v) is 3.54. The molecular formula is C24H24N2O4. The van der Waals surface area contributed by atoms with Crippen molar-refractivity contribution in [2.75, 3.05) is 0 Å². The molecule has 3 aromatic rings. The van der Waals surface area contributed by atoms with Crippen LogP contribution in [0.15, 0.2) is 91.0 Å². The average Bonchev–Trinajstić information content (AvgIpc) is 2.82. The minimum Gasteiger partial charge on any atom is -0.460 e. The summed E-state index contributed by atoms with van der Waals surface area (Å²) in [6.45, 7) is 1.38. The minimum atomic E-state index is -1.96. The monoisotopic (exact) mass is 404 g/mol. The fourth-order valence-electron chi connectivity index (χ4n) is 3.54. The van der Waals surface area contributed by atoms with Crippen molar-refractivity contribution in [1.29, 1.82) is 0 Å². The topological polar surface area (TPSA) is 105 Å². The minimum absolute atomic E-state index is 0.0211. The molecule has 4 N–H and O–H groups in total. The summed E-state index contributed by atoms with van der Waals surface area (Å²) in [5, 5.41) is 0. The van der Waals surface area contributed by atoms with Crippen molar-refractivity contribution in [2.45, 2.75) is 19.1 Å². The second kappa shape index (κ2) is 8.90. The summed E-state index contributed by atoms with van der Waals surface area (Å²) in [5.74, 6) is 3.42. The van der Waals surface area contributed by atoms with Gasteiger partial charge in [-0.2, -0.15) is 5.90 Å². The first kappa shape index (κ1) is 21.2. The molecule has 6 heteroatoms. The first-order valence-electron chi connectivity index (χ1n) is 9.47. The van der Waals surface area contributed by atoms with Crippen LogP contribution < -0.4 is 11.6 Å². The van der Waals surface area contributed by atoms with Gasteiger partial charge in [-0.3, -0.25) is 4.79 Å². The quantitative estimate of drug-likeness (QED) is 0.356. The van der Waals surface area contributed by atoms with Crippen molar-refractivity contribution in [3.05, 3.63) is 108 Å². The molecule has 0 amide bonds. The van der Waals surface area contributed by atoms with Gasteiger partial charge in [-0.15, -0.1) is 0 Å². The van der Waals surface area contributed by atoms with Gasteiger partial charge in [0.15, 0.2) is 5.41 Å². The highest BCUT2D eigenvalue weighted by molar-refractivity contribution is 6.02. The van der Waals surface area contributed by atoms with Gasteiger partial charge in [0, 0.05) is 0 Å². The summed E-state index contributed by atoms with van der Waals surface area (Å²) in [6.07, 6.45) is 0. The molecular weight excluding hydrogens is 380 g/mol. The van der Waals surface area contributed by atoms with Crippen molar-refractivity contribution >= 4 is 11.9 Å². The van der Waals surface area contributed by atoms with Crippen LogP contribution in [-0.4, -0.2) is 11.9 Å². The van der Waals surface area contributed by atoms with E-state index in [4.69, 9.17) is 16.4 Å². The number of rotatable bonds is 7. The fraction of sp³-hybridized carbons (Fsp3) is 0.167. The van der Waals surface area contributed by atoms with Crippen molar-refractivity contribution < 1.29 is 19.2 Å². The number of nitrogens with two attached hydrogens (primary N) is 2. The van der Waals surface area contributed by atoms with Gasteiger partial charge in [-0.05, 0) is 23.6 Å². The van der Waals surface area contributed by atoms with Gasteiger partial charge in [0.1, 0.15) is 6.61 Å². The van der Waals surface area contributed by atoms with Crippen LogP contribution in [0.5, 0.6) is 0 Å². The Hall–Kier alpha value is -3.48. The van der Waals surface area contributed by atoms with Crippen LogP contribution in [0.1, 0.15) is 23.6 Å². The zero-order chi connectivity index (χ0) is 21.6. The summed E-state index contributed by atoms with van der Waals surface area (Å²) in [4.78, 5) is 30.9. The van der Waals surface area contributed by atoms with E-state index in [-0.39, 0.29) is 6.61 Å². The Morgan fingerprint density at radius 2 is 1.20 bits per heavy atom. The maximum atomic E-state index is 13.4. The average molecular weight is 404 g/mol. The van der Waals surface area contributed by atoms with Gasteiger partial charge in [-0.25, -0.2) is 4.79 Å². The Morgan fingerprint density at radius 1 is 0.767 bits per heavy atom. The second-order valence-corrected chi connectivity index (χ2v) is 7.13. The van der Waals surface area contributed by atoms with E-state index in [2.05, 4.69) is 4.84 Å². The lowest BCUT2D eigenvalue weighted by atomic mass is 9.64. The number of hydrogen-bond donors (Lipinski definition) is 2. The molecule has 6 nitrogen and oxygen atoms in total. The van der Waals surface area contributed by atoms with Gasteiger partial charge in [0.2, 0.25) is 0 Å². The van der Waals surface area contributed by atoms with Crippen molar-refractivity contribution in [3.63, 3.8) is 0 Å². The molecule has 30 heavy (non-hydrogen) atoms. The summed E-state index contributed by atoms with van der Waals surface area (Å²) in [6, 6.07) is 26.9. The molecule has 0 heterocycles. The van der Waals surface area contributed by atoms with E-state index in [1.165, 1.54) is 6.92 Å². The van der Waals surface area contributed by atoms with Crippen molar-refractivity contribution in [3.8, 4) is 0 Å². The van der Waals surface area contributed by atoms with E-state index >= 15 is 0 Å². The predicted molar refractivity (Wildman–Crippen MR) is 112 cm³/mol.